The van der Waals surface area contributed by atoms with Gasteiger partial charge in [0.1, 0.15) is 0 Å². The van der Waals surface area contributed by atoms with Gasteiger partial charge in [0.05, 0.1) is 0 Å². The topological polar surface area (TPSA) is 51.2 Å². The van der Waals surface area contributed by atoms with E-state index in [4.69, 9.17) is 0 Å². The minimum absolute atomic E-state index is 0.602. The molecule has 0 bridgehead atoms. The third-order valence-electron chi connectivity index (χ3n) is 1.10. The molecule has 0 amide bonds. The van der Waals surface area contributed by atoms with Gasteiger partial charge in [0, 0.05) is 18.2 Å². The fraction of sp³-hybridized carbons (Fsp3) is 0. The van der Waals surface area contributed by atoms with Gasteiger partial charge < -0.3 is 0 Å². The van der Waals surface area contributed by atoms with Gasteiger partial charge in [-0.3, -0.25) is 0 Å². The van der Waals surface area contributed by atoms with Crippen LogP contribution in [0, 0.1) is 0 Å². The second-order valence-electron chi connectivity index (χ2n) is 2.83. The van der Waals surface area contributed by atoms with Gasteiger partial charge in [0.2, 0.25) is 10.9 Å². The molecule has 0 rings (SSSR count). The molecule has 0 spiro atoms. The molecule has 0 heterocycles. The summed E-state index contributed by atoms with van der Waals surface area (Å²) >= 11 is 0. The molecule has 0 aromatic heterocycles. The van der Waals surface area contributed by atoms with Gasteiger partial charge in [-0.05, 0) is 0 Å². The Morgan fingerprint density at radius 1 is 0.700 bits per heavy atom. The summed E-state index contributed by atoms with van der Waals surface area (Å²) in [7, 11) is -12.3. The van der Waals surface area contributed by atoms with Crippen molar-refractivity contribution in [2.24, 2.45) is 0 Å². The Labute approximate surface area is 112 Å². The van der Waals surface area contributed by atoms with Crippen LogP contribution in [0.25, 0.3) is 0 Å². The van der Waals surface area contributed by atoms with Crippen molar-refractivity contribution in [1.29, 1.82) is 0 Å². The number of hydrogen-bond donors (Lipinski definition) is 0. The summed E-state index contributed by atoms with van der Waals surface area (Å²) in [5, 5.41) is -1.81. The van der Waals surface area contributed by atoms with Gasteiger partial charge in [0.15, 0.2) is 0 Å². The molecule has 0 aliphatic heterocycles. The average molecular weight is 342 g/mol. The van der Waals surface area contributed by atoms with Crippen LogP contribution in [0.15, 0.2) is 38.0 Å². The first-order valence-corrected chi connectivity index (χ1v) is 7.58. The Morgan fingerprint density at radius 3 is 0.950 bits per heavy atom. The predicted molar refractivity (Wildman–Crippen MR) is 66.5 cm³/mol. The standard InChI is InChI=1S/C9H9O3S.F6P/c1-4-7(10)13(8(11)5-2)9(12)6-3;1-7(2,3,4,5)6/h4-6H,1-3H2;/q+1;-1. The van der Waals surface area contributed by atoms with Crippen LogP contribution >= 0.6 is 7.81 Å². The summed E-state index contributed by atoms with van der Waals surface area (Å²) in [5.74, 6) is 0. The summed E-state index contributed by atoms with van der Waals surface area (Å²) in [5.41, 5.74) is 0. The minimum atomic E-state index is -10.7. The number of rotatable bonds is 3. The Kier molecular flexibility index (Phi) is 6.19. The summed E-state index contributed by atoms with van der Waals surface area (Å²) < 4.78 is 59.2. The SMILES string of the molecule is C=CC(=O)[S+](C(=O)C=C)C(=O)C=C.F[P-](F)(F)(F)(F)F. The van der Waals surface area contributed by atoms with E-state index in [1.807, 2.05) is 0 Å². The fourth-order valence-electron chi connectivity index (χ4n) is 0.547. The molecule has 0 atom stereocenters. The molecule has 0 aromatic rings. The molecule has 0 N–H and O–H groups in total. The van der Waals surface area contributed by atoms with Crippen LogP contribution in [-0.4, -0.2) is 15.3 Å². The molecule has 0 radical (unpaired) electrons. The van der Waals surface area contributed by atoms with Crippen LogP contribution in [0.1, 0.15) is 0 Å². The van der Waals surface area contributed by atoms with Crippen molar-refractivity contribution in [3.8, 4) is 0 Å². The first-order valence-electron chi connectivity index (χ1n) is 4.33. The van der Waals surface area contributed by atoms with Crippen molar-refractivity contribution < 1.29 is 39.6 Å². The zero-order chi connectivity index (χ0) is 16.8. The van der Waals surface area contributed by atoms with Crippen molar-refractivity contribution in [3.63, 3.8) is 0 Å². The van der Waals surface area contributed by atoms with Gasteiger partial charge in [-0.25, -0.2) is 14.4 Å². The molecule has 3 nitrogen and oxygen atoms in total. The first kappa shape index (κ1) is 20.9. The normalized spacial score (nSPS) is 13.9. The van der Waals surface area contributed by atoms with E-state index in [9.17, 15) is 39.6 Å². The van der Waals surface area contributed by atoms with E-state index in [0.29, 0.717) is 0 Å². The van der Waals surface area contributed by atoms with Gasteiger partial charge in [-0.15, -0.1) is 0 Å². The van der Waals surface area contributed by atoms with Crippen LogP contribution < -0.4 is 0 Å². The summed E-state index contributed by atoms with van der Waals surface area (Å²) in [6.07, 6.45) is 2.85. The van der Waals surface area contributed by atoms with Crippen LogP contribution in [-0.2, 0) is 25.3 Å². The third-order valence-corrected chi connectivity index (χ3v) is 2.81. The van der Waals surface area contributed by atoms with Crippen molar-refractivity contribution in [3.05, 3.63) is 38.0 Å². The van der Waals surface area contributed by atoms with E-state index >= 15 is 0 Å². The number of carbonyl (C=O) groups is 3. The molecule has 0 aromatic carbocycles. The van der Waals surface area contributed by atoms with Gasteiger partial charge >= 0.3 is 48.3 Å². The second-order valence-corrected chi connectivity index (χ2v) is 6.57. The Morgan fingerprint density at radius 2 is 0.850 bits per heavy atom. The zero-order valence-corrected chi connectivity index (χ0v) is 11.4. The molecule has 0 fully saturated rings. The fourth-order valence-corrected chi connectivity index (χ4v) is 1.64. The molecule has 0 aliphatic rings. The molecule has 0 saturated carbocycles. The maximum atomic E-state index is 11.1. The zero-order valence-electron chi connectivity index (χ0n) is 9.70. The van der Waals surface area contributed by atoms with Crippen LogP contribution in [0.5, 0.6) is 0 Å². The number of halogens is 6. The quantitative estimate of drug-likeness (QED) is 0.335. The van der Waals surface area contributed by atoms with Crippen LogP contribution in [0.2, 0.25) is 0 Å². The average Bonchev–Trinajstić information content (AvgIpc) is 2.24. The van der Waals surface area contributed by atoms with Gasteiger partial charge in [-0.2, -0.15) is 0 Å². The van der Waals surface area contributed by atoms with E-state index in [2.05, 4.69) is 19.7 Å². The Hall–Kier alpha value is -1.41. The van der Waals surface area contributed by atoms with E-state index in [1.165, 1.54) is 0 Å². The van der Waals surface area contributed by atoms with E-state index < -0.39 is 34.0 Å². The molecule has 0 unspecified atom stereocenters. The molecule has 0 saturated heterocycles. The Bertz CT molecular complexity index is 408. The molecule has 20 heavy (non-hydrogen) atoms. The van der Waals surface area contributed by atoms with Crippen molar-refractivity contribution in [1.82, 2.24) is 0 Å². The first-order chi connectivity index (χ1) is 8.53. The molecule has 0 aliphatic carbocycles. The monoisotopic (exact) mass is 342 g/mol. The van der Waals surface area contributed by atoms with E-state index in [0.717, 1.165) is 18.2 Å². The van der Waals surface area contributed by atoms with Crippen molar-refractivity contribution in [2.45, 2.75) is 0 Å². The summed E-state index contributed by atoms with van der Waals surface area (Å²) in [6, 6.07) is 0. The van der Waals surface area contributed by atoms with Crippen LogP contribution in [0.3, 0.4) is 0 Å². The number of carbonyl (C=O) groups excluding carboxylic acids is 3. The Balaban J connectivity index is 0. The van der Waals surface area contributed by atoms with Gasteiger partial charge in [0.25, 0.3) is 0 Å². The molecular weight excluding hydrogens is 333 g/mol. The molecule has 116 valence electrons. The molecular formula is C9H9F6O3PS. The van der Waals surface area contributed by atoms with E-state index in [1.54, 1.807) is 0 Å². The van der Waals surface area contributed by atoms with Crippen molar-refractivity contribution in [2.75, 3.05) is 0 Å². The van der Waals surface area contributed by atoms with Crippen LogP contribution in [0.4, 0.5) is 25.2 Å². The predicted octanol–water partition coefficient (Wildman–Crippen LogP) is 4.12. The summed E-state index contributed by atoms with van der Waals surface area (Å²) in [6.45, 7) is 9.60. The number of hydrogen-bond acceptors (Lipinski definition) is 3. The third kappa shape index (κ3) is 14.7. The van der Waals surface area contributed by atoms with Crippen molar-refractivity contribution >= 4 is 34.0 Å². The summed E-state index contributed by atoms with van der Waals surface area (Å²) in [4.78, 5) is 33.2. The molecule has 11 heteroatoms. The van der Waals surface area contributed by atoms with Gasteiger partial charge in [-0.1, -0.05) is 19.7 Å². The second kappa shape index (κ2) is 5.92. The maximum absolute atomic E-state index is 11.1. The van der Waals surface area contributed by atoms with E-state index in [-0.39, 0.29) is 0 Å².